The van der Waals surface area contributed by atoms with E-state index in [1.807, 2.05) is 37.3 Å². The van der Waals surface area contributed by atoms with Crippen LogP contribution in [0.3, 0.4) is 0 Å². The van der Waals surface area contributed by atoms with Gasteiger partial charge in [-0.05, 0) is 36.8 Å². The average molecular weight is 394 g/mol. The Morgan fingerprint density at radius 1 is 1.10 bits per heavy atom. The fourth-order valence-electron chi connectivity index (χ4n) is 3.13. The minimum Gasteiger partial charge on any atom is -0.486 e. The summed E-state index contributed by atoms with van der Waals surface area (Å²) in [5, 5.41) is 3.97. The van der Waals surface area contributed by atoms with Crippen LogP contribution in [0.15, 0.2) is 47.2 Å². The van der Waals surface area contributed by atoms with Crippen molar-refractivity contribution in [2.45, 2.75) is 26.3 Å². The molecule has 0 aliphatic carbocycles. The smallest absolute Gasteiger partial charge is 0.227 e. The van der Waals surface area contributed by atoms with Gasteiger partial charge in [-0.15, -0.1) is 0 Å². The van der Waals surface area contributed by atoms with E-state index in [2.05, 4.69) is 15.1 Å². The van der Waals surface area contributed by atoms with Crippen molar-refractivity contribution in [2.75, 3.05) is 19.8 Å². The van der Waals surface area contributed by atoms with E-state index >= 15 is 0 Å². The van der Waals surface area contributed by atoms with E-state index in [-0.39, 0.29) is 5.91 Å². The number of amides is 1. The van der Waals surface area contributed by atoms with Crippen LogP contribution in [-0.4, -0.2) is 45.7 Å². The molecule has 29 heavy (non-hydrogen) atoms. The molecule has 2 aromatic heterocycles. The van der Waals surface area contributed by atoms with E-state index in [1.54, 1.807) is 17.3 Å². The summed E-state index contributed by atoms with van der Waals surface area (Å²) >= 11 is 0. The number of ether oxygens (including phenoxy) is 2. The minimum absolute atomic E-state index is 0.0334. The Labute approximate surface area is 168 Å². The van der Waals surface area contributed by atoms with E-state index in [4.69, 9.17) is 14.0 Å². The number of pyridine rings is 1. The Hall–Kier alpha value is -3.42. The fourth-order valence-corrected chi connectivity index (χ4v) is 3.13. The number of rotatable bonds is 7. The Bertz CT molecular complexity index is 974. The van der Waals surface area contributed by atoms with Gasteiger partial charge in [-0.1, -0.05) is 11.2 Å². The van der Waals surface area contributed by atoms with Crippen molar-refractivity contribution in [1.29, 1.82) is 0 Å². The molecule has 0 spiro atoms. The van der Waals surface area contributed by atoms with Crippen molar-refractivity contribution < 1.29 is 18.8 Å². The Morgan fingerprint density at radius 3 is 2.69 bits per heavy atom. The summed E-state index contributed by atoms with van der Waals surface area (Å²) < 4.78 is 16.5. The lowest BCUT2D eigenvalue weighted by atomic mass is 10.1. The fraction of sp³-hybridized carbons (Fsp3) is 0.333. The van der Waals surface area contributed by atoms with E-state index in [0.29, 0.717) is 50.9 Å². The maximum atomic E-state index is 12.7. The molecule has 8 heteroatoms. The monoisotopic (exact) mass is 394 g/mol. The minimum atomic E-state index is 0.0334. The lowest BCUT2D eigenvalue weighted by Gasteiger charge is -2.23. The van der Waals surface area contributed by atoms with Crippen molar-refractivity contribution in [3.63, 3.8) is 0 Å². The molecule has 0 radical (unpaired) electrons. The largest absolute Gasteiger partial charge is 0.486 e. The van der Waals surface area contributed by atoms with E-state index < -0.39 is 0 Å². The summed E-state index contributed by atoms with van der Waals surface area (Å²) in [6.45, 7) is 4.19. The Kier molecular flexibility index (Phi) is 5.69. The number of fused-ring (bicyclic) bond motifs is 1. The van der Waals surface area contributed by atoms with Gasteiger partial charge >= 0.3 is 0 Å². The molecule has 0 N–H and O–H groups in total. The molecule has 0 unspecified atom stereocenters. The molecule has 0 atom stereocenters. The van der Waals surface area contributed by atoms with Gasteiger partial charge in [0.15, 0.2) is 11.5 Å². The lowest BCUT2D eigenvalue weighted by Crippen LogP contribution is -2.30. The summed E-state index contributed by atoms with van der Waals surface area (Å²) in [6.07, 6.45) is 4.04. The molecular formula is C21H22N4O4. The van der Waals surface area contributed by atoms with Gasteiger partial charge in [0.25, 0.3) is 0 Å². The van der Waals surface area contributed by atoms with Crippen LogP contribution in [0, 0.1) is 0 Å². The summed E-state index contributed by atoms with van der Waals surface area (Å²) in [6, 6.07) is 9.41. The molecule has 1 aromatic carbocycles. The highest BCUT2D eigenvalue weighted by Crippen LogP contribution is 2.31. The zero-order valence-corrected chi connectivity index (χ0v) is 16.2. The van der Waals surface area contributed by atoms with Gasteiger partial charge in [-0.3, -0.25) is 9.78 Å². The lowest BCUT2D eigenvalue weighted by molar-refractivity contribution is -0.131. The van der Waals surface area contributed by atoms with Crippen LogP contribution >= 0.6 is 0 Å². The zero-order valence-electron chi connectivity index (χ0n) is 16.2. The molecule has 8 nitrogen and oxygen atoms in total. The van der Waals surface area contributed by atoms with Crippen molar-refractivity contribution in [2.24, 2.45) is 0 Å². The number of carbonyl (C=O) groups is 1. The number of hydrogen-bond acceptors (Lipinski definition) is 7. The van der Waals surface area contributed by atoms with Gasteiger partial charge in [-0.25, -0.2) is 0 Å². The van der Waals surface area contributed by atoms with Crippen LogP contribution in [0.2, 0.25) is 0 Å². The second kappa shape index (κ2) is 8.72. The Morgan fingerprint density at radius 2 is 1.90 bits per heavy atom. The summed E-state index contributed by atoms with van der Waals surface area (Å²) in [7, 11) is 0. The molecule has 0 fully saturated rings. The van der Waals surface area contributed by atoms with Gasteiger partial charge in [0.2, 0.25) is 17.6 Å². The van der Waals surface area contributed by atoms with Crippen LogP contribution in [0.5, 0.6) is 11.5 Å². The third kappa shape index (κ3) is 4.53. The summed E-state index contributed by atoms with van der Waals surface area (Å²) in [4.78, 5) is 22.8. The third-order valence-corrected chi connectivity index (χ3v) is 4.67. The van der Waals surface area contributed by atoms with Gasteiger partial charge < -0.3 is 18.9 Å². The van der Waals surface area contributed by atoms with Crippen LogP contribution in [-0.2, 0) is 17.8 Å². The molecule has 1 aliphatic rings. The van der Waals surface area contributed by atoms with Crippen LogP contribution < -0.4 is 9.47 Å². The highest BCUT2D eigenvalue weighted by Gasteiger charge is 2.17. The molecule has 150 valence electrons. The normalized spacial score (nSPS) is 12.6. The highest BCUT2D eigenvalue weighted by molar-refractivity contribution is 5.76. The molecule has 4 rings (SSSR count). The Balaban J connectivity index is 1.35. The first-order chi connectivity index (χ1) is 14.2. The van der Waals surface area contributed by atoms with Gasteiger partial charge in [0.05, 0.1) is 0 Å². The van der Waals surface area contributed by atoms with Crippen molar-refractivity contribution >= 4 is 5.91 Å². The van der Waals surface area contributed by atoms with Crippen molar-refractivity contribution in [1.82, 2.24) is 20.0 Å². The maximum absolute atomic E-state index is 12.7. The highest BCUT2D eigenvalue weighted by atomic mass is 16.6. The van der Waals surface area contributed by atoms with Crippen molar-refractivity contribution in [3.8, 4) is 22.9 Å². The maximum Gasteiger partial charge on any atom is 0.227 e. The standard InChI is InChI=1S/C21H22N4O4/c1-2-25(14-15-3-4-17-18(13-15)28-12-11-27-17)20(26)6-5-19-23-21(24-29-19)16-7-9-22-10-8-16/h3-4,7-10,13H,2,5-6,11-12,14H2,1H3. The van der Waals surface area contributed by atoms with Crippen LogP contribution in [0.25, 0.3) is 11.4 Å². The number of nitrogens with zero attached hydrogens (tertiary/aromatic N) is 4. The molecule has 0 bridgehead atoms. The first kappa shape index (κ1) is 18.9. The van der Waals surface area contributed by atoms with Crippen molar-refractivity contribution in [3.05, 3.63) is 54.2 Å². The SMILES string of the molecule is CCN(Cc1ccc2c(c1)OCCO2)C(=O)CCc1nc(-c2ccncc2)no1. The van der Waals surface area contributed by atoms with Crippen LogP contribution in [0.4, 0.5) is 0 Å². The van der Waals surface area contributed by atoms with Gasteiger partial charge in [-0.2, -0.15) is 4.98 Å². The molecular weight excluding hydrogens is 372 g/mol. The zero-order chi connectivity index (χ0) is 20.1. The predicted octanol–water partition coefficient (Wildman–Crippen LogP) is 2.88. The molecule has 0 saturated carbocycles. The van der Waals surface area contributed by atoms with Gasteiger partial charge in [0.1, 0.15) is 13.2 Å². The van der Waals surface area contributed by atoms with Crippen LogP contribution in [0.1, 0.15) is 24.8 Å². The second-order valence-electron chi connectivity index (χ2n) is 6.63. The third-order valence-electron chi connectivity index (χ3n) is 4.67. The topological polar surface area (TPSA) is 90.6 Å². The predicted molar refractivity (Wildman–Crippen MR) is 104 cm³/mol. The molecule has 1 aliphatic heterocycles. The summed E-state index contributed by atoms with van der Waals surface area (Å²) in [5.41, 5.74) is 1.83. The quantitative estimate of drug-likeness (QED) is 0.608. The molecule has 3 heterocycles. The average Bonchev–Trinajstić information content (AvgIpc) is 3.25. The number of benzene rings is 1. The molecule has 1 amide bonds. The van der Waals surface area contributed by atoms with E-state index in [1.165, 1.54) is 0 Å². The number of carbonyl (C=O) groups excluding carboxylic acids is 1. The first-order valence-electron chi connectivity index (χ1n) is 9.62. The molecule has 0 saturated heterocycles. The molecule has 3 aromatic rings. The number of hydrogen-bond donors (Lipinski definition) is 0. The first-order valence-corrected chi connectivity index (χ1v) is 9.62. The number of aryl methyl sites for hydroxylation is 1. The van der Waals surface area contributed by atoms with E-state index in [9.17, 15) is 4.79 Å². The second-order valence-corrected chi connectivity index (χ2v) is 6.63. The summed E-state index contributed by atoms with van der Waals surface area (Å²) in [5.74, 6) is 2.45. The van der Waals surface area contributed by atoms with E-state index in [0.717, 1.165) is 22.6 Å². The number of aromatic nitrogens is 3. The van der Waals surface area contributed by atoms with Gasteiger partial charge in [0, 0.05) is 43.9 Å².